The van der Waals surface area contributed by atoms with Gasteiger partial charge < -0.3 is 14.6 Å². The number of thiazole rings is 1. The van der Waals surface area contributed by atoms with E-state index in [0.29, 0.717) is 38.5 Å². The molecule has 0 radical (unpaired) electrons. The fourth-order valence-electron chi connectivity index (χ4n) is 3.79. The number of carbonyl (C=O) groups excluding carboxylic acids is 1. The van der Waals surface area contributed by atoms with E-state index in [-0.39, 0.29) is 17.9 Å². The predicted octanol–water partition coefficient (Wildman–Crippen LogP) is 3.67. The van der Waals surface area contributed by atoms with Crippen LogP contribution in [0.1, 0.15) is 37.9 Å². The number of ether oxygens (including phenoxy) is 2. The summed E-state index contributed by atoms with van der Waals surface area (Å²) in [5.41, 5.74) is 2.07. The summed E-state index contributed by atoms with van der Waals surface area (Å²) >= 11 is 4.68. The fraction of sp³-hybridized carbons (Fsp3) is 0.240. The number of fused-ring (bicyclic) bond motifs is 1. The topological polar surface area (TPSA) is 90.1 Å². The Hall–Kier alpha value is -3.17. The van der Waals surface area contributed by atoms with Gasteiger partial charge >= 0.3 is 5.97 Å². The Morgan fingerprint density at radius 1 is 1.21 bits per heavy atom. The van der Waals surface area contributed by atoms with Crippen molar-refractivity contribution in [3.8, 4) is 11.5 Å². The van der Waals surface area contributed by atoms with Crippen molar-refractivity contribution in [1.82, 2.24) is 4.57 Å². The van der Waals surface area contributed by atoms with E-state index in [4.69, 9.17) is 9.47 Å². The number of hydrogen-bond donors (Lipinski definition) is 1. The molecule has 1 N–H and O–H groups in total. The van der Waals surface area contributed by atoms with Gasteiger partial charge in [-0.15, -0.1) is 0 Å². The number of esters is 1. The van der Waals surface area contributed by atoms with Gasteiger partial charge in [0.2, 0.25) is 0 Å². The summed E-state index contributed by atoms with van der Waals surface area (Å²) in [4.78, 5) is 31.6. The van der Waals surface area contributed by atoms with Crippen LogP contribution in [0.15, 0.2) is 68.0 Å². The Morgan fingerprint density at radius 2 is 1.94 bits per heavy atom. The van der Waals surface area contributed by atoms with Crippen LogP contribution in [0.4, 0.5) is 0 Å². The zero-order chi connectivity index (χ0) is 24.4. The Labute approximate surface area is 208 Å². The molecule has 34 heavy (non-hydrogen) atoms. The third-order valence-corrected chi connectivity index (χ3v) is 6.80. The number of phenolic OH excluding ortho intramolecular Hbond substituents is 1. The van der Waals surface area contributed by atoms with Crippen molar-refractivity contribution < 1.29 is 19.4 Å². The van der Waals surface area contributed by atoms with E-state index in [2.05, 4.69) is 20.9 Å². The van der Waals surface area contributed by atoms with Crippen LogP contribution in [0.25, 0.3) is 6.08 Å². The minimum atomic E-state index is -0.663. The first-order valence-electron chi connectivity index (χ1n) is 10.7. The molecule has 7 nitrogen and oxygen atoms in total. The zero-order valence-electron chi connectivity index (χ0n) is 18.9. The largest absolute Gasteiger partial charge is 0.504 e. The molecule has 2 aromatic carbocycles. The zero-order valence-corrected chi connectivity index (χ0v) is 21.3. The summed E-state index contributed by atoms with van der Waals surface area (Å²) in [6.45, 7) is 5.95. The van der Waals surface area contributed by atoms with E-state index >= 15 is 0 Å². The van der Waals surface area contributed by atoms with Crippen LogP contribution in [0.5, 0.6) is 11.5 Å². The molecule has 4 rings (SSSR count). The van der Waals surface area contributed by atoms with E-state index in [1.54, 1.807) is 36.6 Å². The lowest BCUT2D eigenvalue weighted by Crippen LogP contribution is -2.39. The quantitative estimate of drug-likeness (QED) is 0.480. The van der Waals surface area contributed by atoms with Crippen LogP contribution in [0, 0.1) is 0 Å². The van der Waals surface area contributed by atoms with Crippen LogP contribution in [-0.2, 0) is 9.53 Å². The molecule has 1 aromatic heterocycles. The van der Waals surface area contributed by atoms with Gasteiger partial charge in [-0.1, -0.05) is 45.5 Å². The van der Waals surface area contributed by atoms with Gasteiger partial charge in [0, 0.05) is 4.47 Å². The van der Waals surface area contributed by atoms with E-state index in [1.165, 1.54) is 17.4 Å². The first kappa shape index (κ1) is 24.0. The van der Waals surface area contributed by atoms with E-state index < -0.39 is 12.0 Å². The van der Waals surface area contributed by atoms with Gasteiger partial charge in [0.15, 0.2) is 16.3 Å². The molecule has 0 bridgehead atoms. The minimum Gasteiger partial charge on any atom is -0.504 e. The summed E-state index contributed by atoms with van der Waals surface area (Å²) in [7, 11) is 0. The van der Waals surface area contributed by atoms with Crippen LogP contribution in [0.3, 0.4) is 0 Å². The van der Waals surface area contributed by atoms with Gasteiger partial charge in [0.25, 0.3) is 5.56 Å². The Balaban J connectivity index is 1.91. The van der Waals surface area contributed by atoms with Gasteiger partial charge in [-0.25, -0.2) is 9.79 Å². The van der Waals surface area contributed by atoms with Gasteiger partial charge in [-0.2, -0.15) is 0 Å². The van der Waals surface area contributed by atoms with Crippen molar-refractivity contribution in [3.63, 3.8) is 0 Å². The van der Waals surface area contributed by atoms with E-state index in [1.807, 2.05) is 31.2 Å². The Kier molecular flexibility index (Phi) is 7.04. The van der Waals surface area contributed by atoms with E-state index in [9.17, 15) is 14.7 Å². The summed E-state index contributed by atoms with van der Waals surface area (Å²) < 4.78 is 13.7. The third-order valence-electron chi connectivity index (χ3n) is 5.28. The highest BCUT2D eigenvalue weighted by molar-refractivity contribution is 9.10. The standard InChI is InChI=1S/C25H23BrN2O5S/c1-4-32-19-12-15(6-11-18(19)29)13-20-23(30)28-22(16-7-9-17(26)10-8-16)21(24(31)33-5-2)14(3)27-25(28)34-20/h6-13,22,29H,4-5H2,1-3H3/b20-13-/t22-/m1/s1. The molecule has 0 aliphatic carbocycles. The number of hydrogen-bond acceptors (Lipinski definition) is 7. The monoisotopic (exact) mass is 542 g/mol. The summed E-state index contributed by atoms with van der Waals surface area (Å²) in [6, 6.07) is 11.7. The minimum absolute atomic E-state index is 0.0328. The maximum absolute atomic E-state index is 13.6. The highest BCUT2D eigenvalue weighted by Gasteiger charge is 2.33. The fourth-order valence-corrected chi connectivity index (χ4v) is 5.11. The number of allylic oxidation sites excluding steroid dienone is 1. The van der Waals surface area contributed by atoms with E-state index in [0.717, 1.165) is 10.0 Å². The van der Waals surface area contributed by atoms with Gasteiger partial charge in [-0.3, -0.25) is 9.36 Å². The molecule has 0 spiro atoms. The van der Waals surface area contributed by atoms with Crippen LogP contribution >= 0.6 is 27.3 Å². The molecule has 0 unspecified atom stereocenters. The van der Waals surface area contributed by atoms with Crippen LogP contribution < -0.4 is 19.6 Å². The SMILES string of the molecule is CCOC(=O)C1=C(C)N=c2s/c(=C\c3ccc(O)c(OCC)c3)c(=O)n2[C@@H]1c1ccc(Br)cc1. The van der Waals surface area contributed by atoms with Crippen LogP contribution in [-0.4, -0.2) is 28.9 Å². The van der Waals surface area contributed by atoms with Crippen molar-refractivity contribution in [2.24, 2.45) is 4.99 Å². The summed E-state index contributed by atoms with van der Waals surface area (Å²) in [5, 5.41) is 9.98. The summed E-state index contributed by atoms with van der Waals surface area (Å²) in [6.07, 6.45) is 1.73. The van der Waals surface area contributed by atoms with Crippen LogP contribution in [0.2, 0.25) is 0 Å². The number of nitrogens with zero attached hydrogens (tertiary/aromatic N) is 2. The lowest BCUT2D eigenvalue weighted by Gasteiger charge is -2.24. The van der Waals surface area contributed by atoms with Crippen molar-refractivity contribution in [1.29, 1.82) is 0 Å². The molecule has 1 atom stereocenters. The second-order valence-electron chi connectivity index (χ2n) is 7.51. The maximum atomic E-state index is 13.6. The Bertz CT molecular complexity index is 1450. The molecular weight excluding hydrogens is 520 g/mol. The molecule has 0 saturated carbocycles. The number of carbonyl (C=O) groups is 1. The molecule has 0 saturated heterocycles. The molecule has 3 aromatic rings. The number of rotatable bonds is 6. The first-order valence-corrected chi connectivity index (χ1v) is 12.4. The highest BCUT2D eigenvalue weighted by atomic mass is 79.9. The first-order chi connectivity index (χ1) is 16.3. The second-order valence-corrected chi connectivity index (χ2v) is 9.44. The Morgan fingerprint density at radius 3 is 2.62 bits per heavy atom. The highest BCUT2D eigenvalue weighted by Crippen LogP contribution is 2.31. The molecular formula is C25H23BrN2O5S. The van der Waals surface area contributed by atoms with Gasteiger partial charge in [-0.05, 0) is 62.2 Å². The number of phenols is 1. The normalized spacial score (nSPS) is 15.6. The molecule has 1 aliphatic heterocycles. The molecule has 2 heterocycles. The third kappa shape index (κ3) is 4.58. The maximum Gasteiger partial charge on any atom is 0.338 e. The number of halogens is 1. The molecule has 176 valence electrons. The van der Waals surface area contributed by atoms with Gasteiger partial charge in [0.05, 0.1) is 35.1 Å². The summed E-state index contributed by atoms with van der Waals surface area (Å²) in [5.74, 6) is -0.117. The average molecular weight is 543 g/mol. The van der Waals surface area contributed by atoms with Crippen molar-refractivity contribution >= 4 is 39.3 Å². The number of benzene rings is 2. The van der Waals surface area contributed by atoms with Crippen molar-refractivity contribution in [2.75, 3.05) is 13.2 Å². The average Bonchev–Trinajstić information content (AvgIpc) is 3.10. The molecule has 0 fully saturated rings. The number of aromatic hydroxyl groups is 1. The van der Waals surface area contributed by atoms with Gasteiger partial charge in [0.1, 0.15) is 0 Å². The molecule has 9 heteroatoms. The molecule has 1 aliphatic rings. The molecule has 0 amide bonds. The smallest absolute Gasteiger partial charge is 0.338 e. The lowest BCUT2D eigenvalue weighted by molar-refractivity contribution is -0.139. The number of aromatic nitrogens is 1. The van der Waals surface area contributed by atoms with Crippen molar-refractivity contribution in [3.05, 3.63) is 89.0 Å². The predicted molar refractivity (Wildman–Crippen MR) is 134 cm³/mol. The van der Waals surface area contributed by atoms with Crippen molar-refractivity contribution in [2.45, 2.75) is 26.8 Å². The second kappa shape index (κ2) is 9.99. The lowest BCUT2D eigenvalue weighted by atomic mass is 9.96.